The van der Waals surface area contributed by atoms with Gasteiger partial charge in [0.2, 0.25) is 0 Å². The lowest BCUT2D eigenvalue weighted by Gasteiger charge is -2.18. The monoisotopic (exact) mass is 276 g/mol. The van der Waals surface area contributed by atoms with Crippen molar-refractivity contribution >= 4 is 17.5 Å². The zero-order chi connectivity index (χ0) is 14.9. The fourth-order valence-corrected chi connectivity index (χ4v) is 1.89. The molecule has 106 valence electrons. The number of hydrogen-bond donors (Lipinski definition) is 1. The second kappa shape index (κ2) is 5.28. The molecule has 2 rings (SSSR count). The quantitative estimate of drug-likeness (QED) is 0.893. The van der Waals surface area contributed by atoms with Gasteiger partial charge in [-0.05, 0) is 13.0 Å². The summed E-state index contributed by atoms with van der Waals surface area (Å²) in [5.41, 5.74) is 1.63. The fourth-order valence-electron chi connectivity index (χ4n) is 1.89. The standard InChI is InChI=1S/C13H16N4O3/c1-8(13(19)20)7-16(3)12(18)10-6-14-17-5-4-9(2)15-11(10)17/h4-6,8H,7H2,1-3H3,(H,19,20). The predicted octanol–water partition coefficient (Wildman–Crippen LogP) is 0.830. The van der Waals surface area contributed by atoms with Crippen LogP contribution < -0.4 is 0 Å². The molecular weight excluding hydrogens is 260 g/mol. The number of aryl methyl sites for hydroxylation is 1. The van der Waals surface area contributed by atoms with Crippen molar-refractivity contribution in [2.45, 2.75) is 13.8 Å². The largest absolute Gasteiger partial charge is 0.481 e. The minimum atomic E-state index is -0.932. The molecule has 0 saturated heterocycles. The number of hydrogen-bond acceptors (Lipinski definition) is 4. The minimum Gasteiger partial charge on any atom is -0.481 e. The molecule has 1 unspecified atom stereocenters. The molecule has 0 fully saturated rings. The molecule has 0 aliphatic heterocycles. The van der Waals surface area contributed by atoms with Gasteiger partial charge >= 0.3 is 5.97 Å². The van der Waals surface area contributed by atoms with E-state index in [0.717, 1.165) is 5.69 Å². The van der Waals surface area contributed by atoms with Gasteiger partial charge in [-0.3, -0.25) is 9.59 Å². The molecule has 20 heavy (non-hydrogen) atoms. The van der Waals surface area contributed by atoms with Crippen LogP contribution in [0.4, 0.5) is 0 Å². The average Bonchev–Trinajstić information content (AvgIpc) is 2.80. The molecule has 2 aromatic rings. The highest BCUT2D eigenvalue weighted by molar-refractivity contribution is 5.99. The van der Waals surface area contributed by atoms with E-state index in [1.54, 1.807) is 26.2 Å². The maximum atomic E-state index is 12.3. The first-order valence-electron chi connectivity index (χ1n) is 6.19. The number of carbonyl (C=O) groups excluding carboxylic acids is 1. The first-order chi connectivity index (χ1) is 9.40. The lowest BCUT2D eigenvalue weighted by atomic mass is 10.1. The molecule has 1 atom stereocenters. The highest BCUT2D eigenvalue weighted by Crippen LogP contribution is 2.12. The van der Waals surface area contributed by atoms with Crippen LogP contribution >= 0.6 is 0 Å². The Kier molecular flexibility index (Phi) is 3.69. The van der Waals surface area contributed by atoms with E-state index in [0.29, 0.717) is 11.2 Å². The minimum absolute atomic E-state index is 0.136. The van der Waals surface area contributed by atoms with E-state index >= 15 is 0 Å². The van der Waals surface area contributed by atoms with Crippen LogP contribution in [0.15, 0.2) is 18.5 Å². The van der Waals surface area contributed by atoms with Crippen molar-refractivity contribution in [3.05, 3.63) is 29.7 Å². The summed E-state index contributed by atoms with van der Waals surface area (Å²) in [6.45, 7) is 3.53. The molecule has 0 aliphatic carbocycles. The molecule has 0 aromatic carbocycles. The van der Waals surface area contributed by atoms with Crippen LogP contribution in [-0.4, -0.2) is 50.1 Å². The van der Waals surface area contributed by atoms with Gasteiger partial charge in [0.15, 0.2) is 5.65 Å². The molecule has 2 heterocycles. The third kappa shape index (κ3) is 2.61. The summed E-state index contributed by atoms with van der Waals surface area (Å²) in [5, 5.41) is 13.0. The van der Waals surface area contributed by atoms with E-state index in [2.05, 4.69) is 10.1 Å². The van der Waals surface area contributed by atoms with Crippen LogP contribution in [0, 0.1) is 12.8 Å². The number of fused-ring (bicyclic) bond motifs is 1. The second-order valence-electron chi connectivity index (χ2n) is 4.82. The summed E-state index contributed by atoms with van der Waals surface area (Å²) in [6, 6.07) is 1.80. The Morgan fingerprint density at radius 1 is 1.50 bits per heavy atom. The van der Waals surface area contributed by atoms with Crippen molar-refractivity contribution in [3.63, 3.8) is 0 Å². The first kappa shape index (κ1) is 14.0. The van der Waals surface area contributed by atoms with E-state index in [9.17, 15) is 9.59 Å². The van der Waals surface area contributed by atoms with E-state index < -0.39 is 11.9 Å². The molecule has 0 radical (unpaired) electrons. The predicted molar refractivity (Wildman–Crippen MR) is 71.5 cm³/mol. The van der Waals surface area contributed by atoms with Crippen molar-refractivity contribution < 1.29 is 14.7 Å². The molecule has 0 aliphatic rings. The third-order valence-electron chi connectivity index (χ3n) is 3.05. The van der Waals surface area contributed by atoms with Gasteiger partial charge in [0, 0.05) is 25.5 Å². The van der Waals surface area contributed by atoms with Crippen LogP contribution in [-0.2, 0) is 4.79 Å². The van der Waals surface area contributed by atoms with E-state index in [1.165, 1.54) is 15.6 Å². The number of carbonyl (C=O) groups is 2. The van der Waals surface area contributed by atoms with Crippen LogP contribution in [0.25, 0.3) is 5.65 Å². The van der Waals surface area contributed by atoms with E-state index in [1.807, 2.05) is 6.92 Å². The van der Waals surface area contributed by atoms with E-state index in [4.69, 9.17) is 5.11 Å². The van der Waals surface area contributed by atoms with Gasteiger partial charge in [-0.15, -0.1) is 0 Å². The molecular formula is C13H16N4O3. The molecule has 0 saturated carbocycles. The third-order valence-corrected chi connectivity index (χ3v) is 3.05. The number of nitrogens with zero attached hydrogens (tertiary/aromatic N) is 4. The summed E-state index contributed by atoms with van der Waals surface area (Å²) in [5.74, 6) is -1.84. The van der Waals surface area contributed by atoms with Gasteiger partial charge in [0.1, 0.15) is 5.56 Å². The zero-order valence-corrected chi connectivity index (χ0v) is 11.6. The normalized spacial score (nSPS) is 12.3. The van der Waals surface area contributed by atoms with Crippen LogP contribution in [0.2, 0.25) is 0 Å². The molecule has 7 heteroatoms. The van der Waals surface area contributed by atoms with Gasteiger partial charge in [0.05, 0.1) is 12.1 Å². The number of amides is 1. The Bertz CT molecular complexity index is 665. The summed E-state index contributed by atoms with van der Waals surface area (Å²) < 4.78 is 1.52. The Morgan fingerprint density at radius 2 is 2.20 bits per heavy atom. The summed E-state index contributed by atoms with van der Waals surface area (Å²) in [4.78, 5) is 28.8. The zero-order valence-electron chi connectivity index (χ0n) is 11.6. The number of aromatic nitrogens is 3. The Balaban J connectivity index is 2.27. The Labute approximate surface area is 115 Å². The maximum absolute atomic E-state index is 12.3. The molecule has 2 aromatic heterocycles. The summed E-state index contributed by atoms with van der Waals surface area (Å²) in [7, 11) is 1.57. The van der Waals surface area contributed by atoms with Crippen LogP contribution in [0.5, 0.6) is 0 Å². The van der Waals surface area contributed by atoms with Crippen molar-refractivity contribution in [1.82, 2.24) is 19.5 Å². The topological polar surface area (TPSA) is 87.8 Å². The number of carboxylic acids is 1. The Hall–Kier alpha value is -2.44. The molecule has 7 nitrogen and oxygen atoms in total. The smallest absolute Gasteiger partial charge is 0.308 e. The van der Waals surface area contributed by atoms with Crippen LogP contribution in [0.1, 0.15) is 23.0 Å². The average molecular weight is 276 g/mol. The second-order valence-corrected chi connectivity index (χ2v) is 4.82. The van der Waals surface area contributed by atoms with Crippen molar-refractivity contribution in [2.75, 3.05) is 13.6 Å². The molecule has 0 spiro atoms. The number of carboxylic acid groups (broad SMARTS) is 1. The summed E-state index contributed by atoms with van der Waals surface area (Å²) >= 11 is 0. The van der Waals surface area contributed by atoms with Crippen molar-refractivity contribution in [2.24, 2.45) is 5.92 Å². The highest BCUT2D eigenvalue weighted by atomic mass is 16.4. The molecule has 1 amide bonds. The van der Waals surface area contributed by atoms with Crippen molar-refractivity contribution in [3.8, 4) is 0 Å². The lowest BCUT2D eigenvalue weighted by molar-refractivity contribution is -0.141. The van der Waals surface area contributed by atoms with Gasteiger partial charge in [-0.1, -0.05) is 6.92 Å². The Morgan fingerprint density at radius 3 is 2.85 bits per heavy atom. The van der Waals surface area contributed by atoms with Crippen molar-refractivity contribution in [1.29, 1.82) is 0 Å². The maximum Gasteiger partial charge on any atom is 0.308 e. The lowest BCUT2D eigenvalue weighted by Crippen LogP contribution is -2.33. The van der Waals surface area contributed by atoms with Gasteiger partial charge in [0.25, 0.3) is 5.91 Å². The molecule has 0 bridgehead atoms. The fraction of sp³-hybridized carbons (Fsp3) is 0.385. The SMILES string of the molecule is Cc1ccn2ncc(C(=O)N(C)CC(C)C(=O)O)c2n1. The number of rotatable bonds is 4. The van der Waals surface area contributed by atoms with Gasteiger partial charge in [-0.25, -0.2) is 9.50 Å². The number of aliphatic carboxylic acids is 1. The molecule has 1 N–H and O–H groups in total. The van der Waals surface area contributed by atoms with Gasteiger partial charge in [-0.2, -0.15) is 5.10 Å². The van der Waals surface area contributed by atoms with Gasteiger partial charge < -0.3 is 10.0 Å². The van der Waals surface area contributed by atoms with E-state index in [-0.39, 0.29) is 12.5 Å². The first-order valence-corrected chi connectivity index (χ1v) is 6.19. The summed E-state index contributed by atoms with van der Waals surface area (Å²) in [6.07, 6.45) is 3.18. The van der Waals surface area contributed by atoms with Crippen LogP contribution in [0.3, 0.4) is 0 Å². The highest BCUT2D eigenvalue weighted by Gasteiger charge is 2.21.